The number of oxazole rings is 1. The highest BCUT2D eigenvalue weighted by molar-refractivity contribution is 9.10. The predicted molar refractivity (Wildman–Crippen MR) is 113 cm³/mol. The van der Waals surface area contributed by atoms with Gasteiger partial charge in [-0.15, -0.1) is 0 Å². The van der Waals surface area contributed by atoms with Gasteiger partial charge >= 0.3 is 0 Å². The summed E-state index contributed by atoms with van der Waals surface area (Å²) < 4.78 is 6.31. The molecule has 0 unspecified atom stereocenters. The Morgan fingerprint density at radius 1 is 1.04 bits per heavy atom. The summed E-state index contributed by atoms with van der Waals surface area (Å²) in [7, 11) is 0. The van der Waals surface area contributed by atoms with Gasteiger partial charge in [-0.05, 0) is 70.5 Å². The second-order valence-electron chi connectivity index (χ2n) is 5.95. The maximum absolute atomic E-state index is 12.4. The van der Waals surface area contributed by atoms with Gasteiger partial charge in [0.15, 0.2) is 5.58 Å². The first-order chi connectivity index (χ1) is 13.4. The molecular weight excluding hydrogens is 467 g/mol. The number of aromatic nitrogens is 1. The summed E-state index contributed by atoms with van der Waals surface area (Å²) >= 11 is 15.1. The second kappa shape index (κ2) is 7.47. The molecule has 1 aromatic heterocycles. The highest BCUT2D eigenvalue weighted by atomic mass is 79.9. The molecule has 2 N–H and O–H groups in total. The van der Waals surface area contributed by atoms with Crippen molar-refractivity contribution < 1.29 is 14.3 Å². The van der Waals surface area contributed by atoms with Gasteiger partial charge in [0.2, 0.25) is 5.89 Å². The van der Waals surface area contributed by atoms with Crippen LogP contribution in [0.1, 0.15) is 10.4 Å². The average molecular weight is 478 g/mol. The van der Waals surface area contributed by atoms with Crippen molar-refractivity contribution in [2.24, 2.45) is 0 Å². The van der Waals surface area contributed by atoms with Gasteiger partial charge in [-0.25, -0.2) is 4.98 Å². The maximum Gasteiger partial charge on any atom is 0.255 e. The fourth-order valence-corrected chi connectivity index (χ4v) is 3.29. The molecule has 5 nitrogen and oxygen atoms in total. The van der Waals surface area contributed by atoms with E-state index in [1.165, 1.54) is 6.07 Å². The molecular formula is C20H11BrCl2N2O3. The molecule has 0 aliphatic rings. The van der Waals surface area contributed by atoms with Crippen LogP contribution < -0.4 is 5.32 Å². The number of hydrogen-bond acceptors (Lipinski definition) is 4. The zero-order valence-electron chi connectivity index (χ0n) is 14.0. The molecule has 28 heavy (non-hydrogen) atoms. The molecule has 4 rings (SSSR count). The lowest BCUT2D eigenvalue weighted by Gasteiger charge is -2.06. The summed E-state index contributed by atoms with van der Waals surface area (Å²) in [6.07, 6.45) is 0. The fourth-order valence-electron chi connectivity index (χ4n) is 2.61. The summed E-state index contributed by atoms with van der Waals surface area (Å²) in [4.78, 5) is 16.9. The number of anilines is 1. The number of benzene rings is 3. The molecule has 0 saturated carbocycles. The standard InChI is InChI=1S/C20H11BrCl2N2O3/c21-13-7-11(2-5-17(13)26)20-25-16-9-12(3-6-18(16)28-20)24-19(27)10-1-4-14(22)15(23)8-10/h1-9,26H,(H,24,27). The van der Waals surface area contributed by atoms with Gasteiger partial charge in [-0.2, -0.15) is 0 Å². The van der Waals surface area contributed by atoms with Crippen LogP contribution in [-0.2, 0) is 0 Å². The van der Waals surface area contributed by atoms with E-state index in [2.05, 4.69) is 26.2 Å². The third-order valence-electron chi connectivity index (χ3n) is 4.02. The lowest BCUT2D eigenvalue weighted by molar-refractivity contribution is 0.102. The fraction of sp³-hybridized carbons (Fsp3) is 0. The number of phenolic OH excluding ortho intramolecular Hbond substituents is 1. The third-order valence-corrected chi connectivity index (χ3v) is 5.40. The van der Waals surface area contributed by atoms with Crippen LogP contribution in [0.4, 0.5) is 5.69 Å². The molecule has 0 fully saturated rings. The molecule has 0 atom stereocenters. The van der Waals surface area contributed by atoms with E-state index in [0.717, 1.165) is 0 Å². The Kier molecular flexibility index (Phi) is 5.02. The van der Waals surface area contributed by atoms with E-state index in [0.29, 0.717) is 48.3 Å². The molecule has 0 radical (unpaired) electrons. The van der Waals surface area contributed by atoms with Crippen LogP contribution in [0.25, 0.3) is 22.6 Å². The van der Waals surface area contributed by atoms with Crippen LogP contribution in [0, 0.1) is 0 Å². The molecule has 1 amide bonds. The lowest BCUT2D eigenvalue weighted by atomic mass is 10.2. The van der Waals surface area contributed by atoms with E-state index in [1.807, 2.05) is 0 Å². The molecule has 0 bridgehead atoms. The lowest BCUT2D eigenvalue weighted by Crippen LogP contribution is -2.11. The van der Waals surface area contributed by atoms with E-state index in [1.54, 1.807) is 48.5 Å². The third kappa shape index (κ3) is 3.71. The number of amides is 1. The molecule has 3 aromatic carbocycles. The Bertz CT molecular complexity index is 1220. The van der Waals surface area contributed by atoms with E-state index in [4.69, 9.17) is 27.6 Å². The number of hydrogen-bond donors (Lipinski definition) is 2. The summed E-state index contributed by atoms with van der Waals surface area (Å²) in [5.74, 6) is 0.222. The number of carbonyl (C=O) groups is 1. The van der Waals surface area contributed by atoms with Gasteiger partial charge in [-0.3, -0.25) is 4.79 Å². The number of phenols is 1. The number of aromatic hydroxyl groups is 1. The van der Waals surface area contributed by atoms with Gasteiger partial charge in [0, 0.05) is 16.8 Å². The molecule has 1 heterocycles. The minimum Gasteiger partial charge on any atom is -0.507 e. The van der Waals surface area contributed by atoms with Crippen molar-refractivity contribution in [2.45, 2.75) is 0 Å². The molecule has 0 saturated heterocycles. The SMILES string of the molecule is O=C(Nc1ccc2oc(-c3ccc(O)c(Br)c3)nc2c1)c1ccc(Cl)c(Cl)c1. The number of fused-ring (bicyclic) bond motifs is 1. The van der Waals surface area contributed by atoms with E-state index < -0.39 is 0 Å². The van der Waals surface area contributed by atoms with Crippen molar-refractivity contribution in [1.29, 1.82) is 0 Å². The van der Waals surface area contributed by atoms with Crippen LogP contribution >= 0.6 is 39.1 Å². The van der Waals surface area contributed by atoms with Crippen LogP contribution in [0.2, 0.25) is 10.0 Å². The molecule has 0 aliphatic carbocycles. The summed E-state index contributed by atoms with van der Waals surface area (Å²) in [6, 6.07) is 14.8. The number of halogens is 3. The Morgan fingerprint density at radius 2 is 1.86 bits per heavy atom. The van der Waals surface area contributed by atoms with Crippen molar-refractivity contribution in [3.8, 4) is 17.2 Å². The largest absolute Gasteiger partial charge is 0.507 e. The van der Waals surface area contributed by atoms with Crippen LogP contribution in [-0.4, -0.2) is 16.0 Å². The van der Waals surface area contributed by atoms with Crippen LogP contribution in [0.3, 0.4) is 0 Å². The Hall–Kier alpha value is -2.54. The van der Waals surface area contributed by atoms with Crippen LogP contribution in [0.5, 0.6) is 5.75 Å². The number of rotatable bonds is 3. The van der Waals surface area contributed by atoms with Crippen molar-refractivity contribution in [3.63, 3.8) is 0 Å². The minimum absolute atomic E-state index is 0.132. The van der Waals surface area contributed by atoms with Crippen molar-refractivity contribution in [3.05, 3.63) is 74.7 Å². The molecule has 0 spiro atoms. The molecule has 140 valence electrons. The topological polar surface area (TPSA) is 75.4 Å². The summed E-state index contributed by atoms with van der Waals surface area (Å²) in [6.45, 7) is 0. The van der Waals surface area contributed by atoms with E-state index in [9.17, 15) is 9.90 Å². The first kappa shape index (κ1) is 18.8. The number of nitrogens with one attached hydrogen (secondary N) is 1. The van der Waals surface area contributed by atoms with E-state index in [-0.39, 0.29) is 11.7 Å². The number of nitrogens with zero attached hydrogens (tertiary/aromatic N) is 1. The zero-order chi connectivity index (χ0) is 19.8. The first-order valence-electron chi connectivity index (χ1n) is 8.06. The van der Waals surface area contributed by atoms with Crippen molar-refractivity contribution >= 4 is 61.8 Å². The zero-order valence-corrected chi connectivity index (χ0v) is 17.1. The summed E-state index contributed by atoms with van der Waals surface area (Å²) in [5.41, 5.74) is 2.83. The van der Waals surface area contributed by atoms with Crippen molar-refractivity contribution in [2.75, 3.05) is 5.32 Å². The Labute approximate surface area is 178 Å². The maximum atomic E-state index is 12.4. The second-order valence-corrected chi connectivity index (χ2v) is 7.62. The van der Waals surface area contributed by atoms with E-state index >= 15 is 0 Å². The van der Waals surface area contributed by atoms with Gasteiger partial charge in [-0.1, -0.05) is 23.2 Å². The Morgan fingerprint density at radius 3 is 2.61 bits per heavy atom. The Balaban J connectivity index is 1.61. The average Bonchev–Trinajstić information content (AvgIpc) is 3.09. The molecule has 4 aromatic rings. The molecule has 0 aliphatic heterocycles. The summed E-state index contributed by atoms with van der Waals surface area (Å²) in [5, 5.41) is 13.1. The number of carbonyl (C=O) groups excluding carboxylic acids is 1. The smallest absolute Gasteiger partial charge is 0.255 e. The highest BCUT2D eigenvalue weighted by Crippen LogP contribution is 2.32. The quantitative estimate of drug-likeness (QED) is 0.352. The molecule has 8 heteroatoms. The monoisotopic (exact) mass is 476 g/mol. The van der Waals surface area contributed by atoms with Crippen molar-refractivity contribution in [1.82, 2.24) is 4.98 Å². The van der Waals surface area contributed by atoms with Gasteiger partial charge in [0.05, 0.1) is 14.5 Å². The van der Waals surface area contributed by atoms with Gasteiger partial charge in [0.25, 0.3) is 5.91 Å². The predicted octanol–water partition coefficient (Wildman–Crippen LogP) is 6.52. The highest BCUT2D eigenvalue weighted by Gasteiger charge is 2.13. The normalized spacial score (nSPS) is 11.0. The minimum atomic E-state index is -0.316. The van der Waals surface area contributed by atoms with Gasteiger partial charge in [0.1, 0.15) is 11.3 Å². The van der Waals surface area contributed by atoms with Gasteiger partial charge < -0.3 is 14.8 Å². The van der Waals surface area contributed by atoms with Crippen LogP contribution in [0.15, 0.2) is 63.5 Å². The first-order valence-corrected chi connectivity index (χ1v) is 9.61.